The number of hydrogen-bond donors (Lipinski definition) is 1. The van der Waals surface area contributed by atoms with Gasteiger partial charge in [0.25, 0.3) is 0 Å². The minimum Gasteiger partial charge on any atom is -0.382 e. The van der Waals surface area contributed by atoms with Gasteiger partial charge in [-0.05, 0) is 12.1 Å². The Morgan fingerprint density at radius 2 is 1.94 bits per heavy atom. The average molecular weight is 262 g/mol. The van der Waals surface area contributed by atoms with E-state index in [-0.39, 0.29) is 16.4 Å². The van der Waals surface area contributed by atoms with Gasteiger partial charge in [0.05, 0.1) is 5.69 Å². The van der Waals surface area contributed by atoms with Crippen molar-refractivity contribution in [2.75, 3.05) is 12.0 Å². The maximum Gasteiger partial charge on any atom is 0.197 e. The average Bonchev–Trinajstić information content (AvgIpc) is 2.67. The van der Waals surface area contributed by atoms with Crippen LogP contribution in [-0.2, 0) is 9.84 Å². The van der Waals surface area contributed by atoms with Gasteiger partial charge in [-0.2, -0.15) is 10.4 Å². The molecule has 0 spiro atoms. The summed E-state index contributed by atoms with van der Waals surface area (Å²) in [6.07, 6.45) is 0.991. The number of rotatable bonds is 2. The molecule has 1 aromatic heterocycles. The molecule has 0 fully saturated rings. The topological polar surface area (TPSA) is 102 Å². The molecule has 0 atom stereocenters. The fraction of sp³-hybridized carbons (Fsp3) is 0.0909. The van der Waals surface area contributed by atoms with E-state index in [0.29, 0.717) is 5.69 Å². The van der Waals surface area contributed by atoms with Gasteiger partial charge >= 0.3 is 0 Å². The van der Waals surface area contributed by atoms with E-state index in [2.05, 4.69) is 5.10 Å². The molecule has 1 heterocycles. The van der Waals surface area contributed by atoms with Crippen LogP contribution in [0.15, 0.2) is 35.4 Å². The molecule has 0 saturated carbocycles. The van der Waals surface area contributed by atoms with Crippen LogP contribution < -0.4 is 5.73 Å². The third-order valence-electron chi connectivity index (χ3n) is 2.35. The van der Waals surface area contributed by atoms with Gasteiger partial charge in [-0.25, -0.2) is 13.1 Å². The molecule has 6 nitrogen and oxygen atoms in total. The highest BCUT2D eigenvalue weighted by Gasteiger charge is 2.23. The van der Waals surface area contributed by atoms with E-state index in [1.54, 1.807) is 30.3 Å². The van der Waals surface area contributed by atoms with Crippen LogP contribution in [0.2, 0.25) is 0 Å². The second kappa shape index (κ2) is 4.16. The summed E-state index contributed by atoms with van der Waals surface area (Å²) >= 11 is 0. The number of benzene rings is 1. The molecule has 2 rings (SSSR count). The second-order valence-corrected chi connectivity index (χ2v) is 5.63. The van der Waals surface area contributed by atoms with Crippen molar-refractivity contribution in [2.45, 2.75) is 5.03 Å². The molecule has 18 heavy (non-hydrogen) atoms. The summed E-state index contributed by atoms with van der Waals surface area (Å²) in [5.41, 5.74) is 6.23. The van der Waals surface area contributed by atoms with E-state index in [4.69, 9.17) is 11.0 Å². The van der Waals surface area contributed by atoms with Gasteiger partial charge in [-0.3, -0.25) is 0 Å². The SMILES string of the molecule is CS(=O)(=O)c1nn(-c2ccccc2)c(N)c1C#N. The predicted molar refractivity (Wildman–Crippen MR) is 65.8 cm³/mol. The van der Waals surface area contributed by atoms with Crippen LogP contribution in [0.5, 0.6) is 0 Å². The Morgan fingerprint density at radius 3 is 2.39 bits per heavy atom. The zero-order chi connectivity index (χ0) is 13.3. The standard InChI is InChI=1S/C11H10N4O2S/c1-18(16,17)11-9(7-12)10(13)15(14-11)8-5-3-2-4-6-8/h2-6H,13H2,1H3. The number of para-hydroxylation sites is 1. The molecule has 0 amide bonds. The first kappa shape index (κ1) is 12.1. The van der Waals surface area contributed by atoms with Crippen molar-refractivity contribution < 1.29 is 8.42 Å². The van der Waals surface area contributed by atoms with E-state index in [1.807, 2.05) is 6.07 Å². The highest BCUT2D eigenvalue weighted by atomic mass is 32.2. The highest BCUT2D eigenvalue weighted by Crippen LogP contribution is 2.23. The molecule has 0 aliphatic carbocycles. The molecule has 2 N–H and O–H groups in total. The smallest absolute Gasteiger partial charge is 0.197 e. The van der Waals surface area contributed by atoms with Crippen LogP contribution in [0.3, 0.4) is 0 Å². The monoisotopic (exact) mass is 262 g/mol. The van der Waals surface area contributed by atoms with Gasteiger partial charge in [0.15, 0.2) is 14.9 Å². The van der Waals surface area contributed by atoms with Crippen LogP contribution >= 0.6 is 0 Å². The van der Waals surface area contributed by atoms with Crippen molar-refractivity contribution in [2.24, 2.45) is 0 Å². The molecule has 0 aliphatic rings. The Balaban J connectivity index is 2.74. The number of nitriles is 1. The zero-order valence-electron chi connectivity index (χ0n) is 9.53. The molecule has 0 radical (unpaired) electrons. The van der Waals surface area contributed by atoms with Crippen molar-refractivity contribution in [3.8, 4) is 11.8 Å². The van der Waals surface area contributed by atoms with Gasteiger partial charge in [-0.1, -0.05) is 18.2 Å². The number of hydrogen-bond acceptors (Lipinski definition) is 5. The Bertz CT molecular complexity index is 726. The van der Waals surface area contributed by atoms with E-state index in [1.165, 1.54) is 4.68 Å². The summed E-state index contributed by atoms with van der Waals surface area (Å²) in [4.78, 5) is 0. The van der Waals surface area contributed by atoms with E-state index in [9.17, 15) is 8.42 Å². The summed E-state index contributed by atoms with van der Waals surface area (Å²) in [6.45, 7) is 0. The van der Waals surface area contributed by atoms with E-state index >= 15 is 0 Å². The van der Waals surface area contributed by atoms with Crippen molar-refractivity contribution in [3.05, 3.63) is 35.9 Å². The molecule has 0 saturated heterocycles. The molecule has 1 aromatic carbocycles. The molecule has 2 aromatic rings. The predicted octanol–water partition coefficient (Wildman–Crippen LogP) is 0.730. The van der Waals surface area contributed by atoms with Crippen molar-refractivity contribution in [1.82, 2.24) is 9.78 Å². The van der Waals surface area contributed by atoms with Crippen LogP contribution in [-0.4, -0.2) is 24.5 Å². The first-order valence-corrected chi connectivity index (χ1v) is 6.88. The lowest BCUT2D eigenvalue weighted by Crippen LogP contribution is -2.03. The van der Waals surface area contributed by atoms with Crippen molar-refractivity contribution in [1.29, 1.82) is 5.26 Å². The number of nitrogen functional groups attached to an aromatic ring is 1. The van der Waals surface area contributed by atoms with Gasteiger partial charge in [0.1, 0.15) is 17.5 Å². The third-order valence-corrected chi connectivity index (χ3v) is 3.34. The largest absolute Gasteiger partial charge is 0.382 e. The number of aromatic nitrogens is 2. The van der Waals surface area contributed by atoms with Gasteiger partial charge < -0.3 is 5.73 Å². The van der Waals surface area contributed by atoms with Crippen LogP contribution in [0.1, 0.15) is 5.56 Å². The fourth-order valence-corrected chi connectivity index (χ4v) is 2.29. The normalized spacial score (nSPS) is 11.1. The summed E-state index contributed by atoms with van der Waals surface area (Å²) in [5, 5.41) is 12.6. The van der Waals surface area contributed by atoms with E-state index in [0.717, 1.165) is 6.26 Å². The quantitative estimate of drug-likeness (QED) is 0.859. The second-order valence-electron chi connectivity index (χ2n) is 3.70. The van der Waals surface area contributed by atoms with Crippen LogP contribution in [0, 0.1) is 11.3 Å². The number of anilines is 1. The Labute approximate surface area is 104 Å². The third kappa shape index (κ3) is 1.94. The van der Waals surface area contributed by atoms with Crippen molar-refractivity contribution in [3.63, 3.8) is 0 Å². The summed E-state index contributed by atoms with van der Waals surface area (Å²) in [5.74, 6) is 0.0177. The number of nitrogens with zero attached hydrogens (tertiary/aromatic N) is 3. The molecular formula is C11H10N4O2S. The van der Waals surface area contributed by atoms with Crippen LogP contribution in [0.4, 0.5) is 5.82 Å². The zero-order valence-corrected chi connectivity index (χ0v) is 10.3. The van der Waals surface area contributed by atoms with E-state index < -0.39 is 9.84 Å². The molecular weight excluding hydrogens is 252 g/mol. The summed E-state index contributed by atoms with van der Waals surface area (Å²) in [6, 6.07) is 10.6. The van der Waals surface area contributed by atoms with Gasteiger partial charge in [0.2, 0.25) is 0 Å². The number of sulfone groups is 1. The van der Waals surface area contributed by atoms with Gasteiger partial charge in [0, 0.05) is 6.26 Å². The molecule has 92 valence electrons. The lowest BCUT2D eigenvalue weighted by atomic mass is 10.3. The molecule has 0 unspecified atom stereocenters. The Hall–Kier alpha value is -2.33. The first-order chi connectivity index (χ1) is 8.45. The first-order valence-electron chi connectivity index (χ1n) is 4.99. The Kier molecular flexibility index (Phi) is 2.80. The lowest BCUT2D eigenvalue weighted by Gasteiger charge is -2.02. The Morgan fingerprint density at radius 1 is 1.33 bits per heavy atom. The highest BCUT2D eigenvalue weighted by molar-refractivity contribution is 7.90. The molecule has 7 heteroatoms. The van der Waals surface area contributed by atoms with Crippen LogP contribution in [0.25, 0.3) is 5.69 Å². The lowest BCUT2D eigenvalue weighted by molar-refractivity contribution is 0.596. The maximum atomic E-state index is 11.5. The molecule has 0 aliphatic heterocycles. The maximum absolute atomic E-state index is 11.5. The summed E-state index contributed by atoms with van der Waals surface area (Å²) in [7, 11) is -3.59. The van der Waals surface area contributed by atoms with Crippen molar-refractivity contribution >= 4 is 15.7 Å². The molecule has 0 bridgehead atoms. The minimum atomic E-state index is -3.59. The van der Waals surface area contributed by atoms with Gasteiger partial charge in [-0.15, -0.1) is 0 Å². The number of nitrogens with two attached hydrogens (primary N) is 1. The fourth-order valence-electron chi connectivity index (χ4n) is 1.54. The minimum absolute atomic E-state index is 0.0177. The summed E-state index contributed by atoms with van der Waals surface area (Å²) < 4.78 is 24.3.